The lowest BCUT2D eigenvalue weighted by atomic mass is 9.87. The number of ketones is 2. The molecule has 36 heavy (non-hydrogen) atoms. The van der Waals surface area contributed by atoms with Crippen LogP contribution in [0.3, 0.4) is 0 Å². The molecule has 0 saturated carbocycles. The van der Waals surface area contributed by atoms with E-state index in [1.807, 2.05) is 50.2 Å². The maximum atomic E-state index is 13.3. The lowest BCUT2D eigenvalue weighted by Gasteiger charge is -2.22. The molecule has 2 atom stereocenters. The molecule has 2 amide bonds. The number of rotatable bonds is 8. The number of nitrogens with zero attached hydrogens (tertiary/aromatic N) is 2. The van der Waals surface area contributed by atoms with E-state index in [0.717, 1.165) is 11.3 Å². The predicted octanol–water partition coefficient (Wildman–Crippen LogP) is 2.96. The van der Waals surface area contributed by atoms with Crippen LogP contribution in [-0.2, 0) is 38.6 Å². The van der Waals surface area contributed by atoms with Gasteiger partial charge in [-0.05, 0) is 43.2 Å². The van der Waals surface area contributed by atoms with Gasteiger partial charge < -0.3 is 15.4 Å². The van der Waals surface area contributed by atoms with Gasteiger partial charge in [0.05, 0.1) is 6.04 Å². The van der Waals surface area contributed by atoms with Crippen molar-refractivity contribution in [3.63, 3.8) is 0 Å². The van der Waals surface area contributed by atoms with Crippen molar-refractivity contribution in [2.45, 2.75) is 65.0 Å². The number of hydrogen-bond donors (Lipinski definition) is 2. The van der Waals surface area contributed by atoms with E-state index < -0.39 is 29.7 Å². The van der Waals surface area contributed by atoms with Gasteiger partial charge in [0.25, 0.3) is 5.91 Å². The number of ether oxygens (including phenoxy) is 1. The molecule has 2 bridgehead atoms. The number of fused-ring (bicyclic) bond motifs is 2. The summed E-state index contributed by atoms with van der Waals surface area (Å²) in [5.41, 5.74) is 1.70. The molecule has 2 unspecified atom stereocenters. The van der Waals surface area contributed by atoms with Crippen molar-refractivity contribution in [2.24, 2.45) is 11.8 Å². The standard InChI is InChI=1S/C27H34N4O5/c1-18(2)15-22(31-27(35)36-17-19-7-4-3-5-8-19)23(32)16-20-9-6-10-21-11-13-28-24(30-21)12-14-29-26(34)25(20)33/h3-5,7-8,11,13,18,20,22H,6,9-10,12,14-17H2,1-2H3,(H,29,34)(H,31,35). The zero-order chi connectivity index (χ0) is 25.9. The SMILES string of the molecule is CC(C)CC(NC(=O)OCc1ccccc1)C(=O)CC1CCCc2ccnc(n2)CCNC(=O)C1=O. The summed E-state index contributed by atoms with van der Waals surface area (Å²) in [6.07, 6.45) is 3.26. The van der Waals surface area contributed by atoms with E-state index in [1.54, 1.807) is 6.20 Å². The molecule has 2 aromatic rings. The third-order valence-electron chi connectivity index (χ3n) is 6.03. The van der Waals surface area contributed by atoms with Crippen LogP contribution < -0.4 is 10.6 Å². The molecule has 0 radical (unpaired) electrons. The molecule has 9 nitrogen and oxygen atoms in total. The van der Waals surface area contributed by atoms with E-state index in [-0.39, 0.29) is 31.3 Å². The highest BCUT2D eigenvalue weighted by Gasteiger charge is 2.31. The van der Waals surface area contributed by atoms with Gasteiger partial charge in [-0.1, -0.05) is 44.2 Å². The molecule has 0 fully saturated rings. The summed E-state index contributed by atoms with van der Waals surface area (Å²) in [5, 5.41) is 5.29. The number of nitrogens with one attached hydrogen (secondary N) is 2. The minimum absolute atomic E-state index is 0.0846. The second-order valence-electron chi connectivity index (χ2n) is 9.48. The Morgan fingerprint density at radius 3 is 2.67 bits per heavy atom. The maximum Gasteiger partial charge on any atom is 0.408 e. The number of hydrogen-bond acceptors (Lipinski definition) is 7. The van der Waals surface area contributed by atoms with Crippen LogP contribution in [0.15, 0.2) is 42.6 Å². The lowest BCUT2D eigenvalue weighted by molar-refractivity contribution is -0.141. The molecular weight excluding hydrogens is 460 g/mol. The van der Waals surface area contributed by atoms with Gasteiger partial charge in [-0.2, -0.15) is 0 Å². The van der Waals surface area contributed by atoms with Crippen molar-refractivity contribution in [3.05, 3.63) is 59.7 Å². The largest absolute Gasteiger partial charge is 0.445 e. The Hall–Kier alpha value is -3.62. The molecule has 1 aliphatic heterocycles. The summed E-state index contributed by atoms with van der Waals surface area (Å²) in [5.74, 6) is -1.63. The normalized spacial score (nSPS) is 17.4. The predicted molar refractivity (Wildman–Crippen MR) is 133 cm³/mol. The molecule has 0 spiro atoms. The van der Waals surface area contributed by atoms with E-state index in [9.17, 15) is 19.2 Å². The minimum atomic E-state index is -0.810. The molecule has 1 aromatic carbocycles. The van der Waals surface area contributed by atoms with E-state index in [0.29, 0.717) is 37.9 Å². The van der Waals surface area contributed by atoms with Crippen LogP contribution in [0.2, 0.25) is 0 Å². The van der Waals surface area contributed by atoms with Gasteiger partial charge >= 0.3 is 6.09 Å². The van der Waals surface area contributed by atoms with Crippen LogP contribution in [0.5, 0.6) is 0 Å². The summed E-state index contributed by atoms with van der Waals surface area (Å²) in [6.45, 7) is 4.21. The first-order valence-electron chi connectivity index (χ1n) is 12.4. The summed E-state index contributed by atoms with van der Waals surface area (Å²) in [7, 11) is 0. The van der Waals surface area contributed by atoms with Crippen molar-refractivity contribution >= 4 is 23.6 Å². The molecule has 2 heterocycles. The fourth-order valence-corrected chi connectivity index (χ4v) is 4.15. The lowest BCUT2D eigenvalue weighted by Crippen LogP contribution is -2.44. The first-order valence-corrected chi connectivity index (χ1v) is 12.4. The first kappa shape index (κ1) is 27.0. The first-order chi connectivity index (χ1) is 17.3. The van der Waals surface area contributed by atoms with Gasteiger partial charge in [-0.25, -0.2) is 14.8 Å². The topological polar surface area (TPSA) is 127 Å². The quantitative estimate of drug-likeness (QED) is 0.540. The van der Waals surface area contributed by atoms with Gasteiger partial charge in [0.1, 0.15) is 12.4 Å². The van der Waals surface area contributed by atoms with Crippen LogP contribution >= 0.6 is 0 Å². The molecule has 3 rings (SSSR count). The third-order valence-corrected chi connectivity index (χ3v) is 6.03. The molecule has 192 valence electrons. The second kappa shape index (κ2) is 13.5. The maximum absolute atomic E-state index is 13.3. The van der Waals surface area contributed by atoms with Gasteiger partial charge in [0, 0.05) is 37.2 Å². The fraction of sp³-hybridized carbons (Fsp3) is 0.481. The van der Waals surface area contributed by atoms with Gasteiger partial charge in [-0.3, -0.25) is 14.4 Å². The molecule has 1 aliphatic rings. The van der Waals surface area contributed by atoms with Crippen molar-refractivity contribution in [1.29, 1.82) is 0 Å². The van der Waals surface area contributed by atoms with Crippen molar-refractivity contribution in [3.8, 4) is 0 Å². The number of alkyl carbamates (subject to hydrolysis) is 1. The third kappa shape index (κ3) is 8.55. The second-order valence-corrected chi connectivity index (χ2v) is 9.48. The van der Waals surface area contributed by atoms with Gasteiger partial charge in [0.15, 0.2) is 5.78 Å². The average molecular weight is 495 g/mol. The Balaban J connectivity index is 1.65. The minimum Gasteiger partial charge on any atom is -0.445 e. The zero-order valence-corrected chi connectivity index (χ0v) is 20.9. The van der Waals surface area contributed by atoms with Crippen LogP contribution in [0, 0.1) is 11.8 Å². The highest BCUT2D eigenvalue weighted by Crippen LogP contribution is 2.19. The smallest absolute Gasteiger partial charge is 0.408 e. The Bertz CT molecular complexity index is 1060. The van der Waals surface area contributed by atoms with Crippen molar-refractivity contribution in [1.82, 2.24) is 20.6 Å². The Labute approximate surface area is 211 Å². The average Bonchev–Trinajstić information content (AvgIpc) is 2.86. The Morgan fingerprint density at radius 2 is 1.92 bits per heavy atom. The highest BCUT2D eigenvalue weighted by atomic mass is 16.5. The zero-order valence-electron chi connectivity index (χ0n) is 20.9. The van der Waals surface area contributed by atoms with E-state index in [4.69, 9.17) is 4.74 Å². The molecule has 9 heteroatoms. The van der Waals surface area contributed by atoms with E-state index in [2.05, 4.69) is 20.6 Å². The monoisotopic (exact) mass is 494 g/mol. The summed E-state index contributed by atoms with van der Waals surface area (Å²) >= 11 is 0. The van der Waals surface area contributed by atoms with Crippen LogP contribution in [0.25, 0.3) is 0 Å². The number of amides is 2. The molecule has 0 aliphatic carbocycles. The van der Waals surface area contributed by atoms with Crippen LogP contribution in [0.4, 0.5) is 4.79 Å². The van der Waals surface area contributed by atoms with Crippen LogP contribution in [0.1, 0.15) is 56.6 Å². The molecule has 0 saturated heterocycles. The molecule has 1 aromatic heterocycles. The molecule has 2 N–H and O–H groups in total. The fourth-order valence-electron chi connectivity index (χ4n) is 4.15. The Morgan fingerprint density at radius 1 is 1.14 bits per heavy atom. The van der Waals surface area contributed by atoms with Crippen molar-refractivity contribution in [2.75, 3.05) is 6.54 Å². The number of benzene rings is 1. The molecular formula is C27H34N4O5. The summed E-state index contributed by atoms with van der Waals surface area (Å²) in [4.78, 5) is 59.8. The number of aromatic nitrogens is 2. The van der Waals surface area contributed by atoms with Crippen molar-refractivity contribution < 1.29 is 23.9 Å². The van der Waals surface area contributed by atoms with E-state index >= 15 is 0 Å². The number of carbonyl (C=O) groups is 4. The van der Waals surface area contributed by atoms with Gasteiger partial charge in [-0.15, -0.1) is 0 Å². The summed E-state index contributed by atoms with van der Waals surface area (Å²) in [6, 6.07) is 10.3. The van der Waals surface area contributed by atoms with Gasteiger partial charge in [0.2, 0.25) is 5.78 Å². The van der Waals surface area contributed by atoms with E-state index in [1.165, 1.54) is 0 Å². The number of carbonyl (C=O) groups excluding carboxylic acids is 4. The number of aryl methyl sites for hydroxylation is 1. The highest BCUT2D eigenvalue weighted by molar-refractivity contribution is 6.37. The Kier molecular flexibility index (Phi) is 10.1. The number of Topliss-reactive ketones (excluding diaryl/α,β-unsaturated/α-hetero) is 2. The summed E-state index contributed by atoms with van der Waals surface area (Å²) < 4.78 is 5.29. The van der Waals surface area contributed by atoms with Crippen LogP contribution in [-0.4, -0.2) is 46.1 Å².